The second-order valence-corrected chi connectivity index (χ2v) is 8.42. The zero-order valence-electron chi connectivity index (χ0n) is 17.4. The molecule has 1 saturated heterocycles. The van der Waals surface area contributed by atoms with Crippen molar-refractivity contribution in [1.29, 1.82) is 0 Å². The van der Waals surface area contributed by atoms with E-state index in [1.807, 2.05) is 0 Å². The smallest absolute Gasteiger partial charge is 0.343 e. The standard InChI is InChI=1S/C21H26O9/c1-11(2)17(23)28-15-9-20(5,25)21(26)7-6-19(4,30-21)8-14-16(15)13(18(24)29-14)10-27-12(3)22/h8,15,25-26H,1,6-7,9-10H2,2-5H3. The van der Waals surface area contributed by atoms with Gasteiger partial charge in [-0.05, 0) is 33.3 Å². The number of hydrogen-bond acceptors (Lipinski definition) is 9. The molecule has 9 heteroatoms. The average Bonchev–Trinajstić information content (AvgIpc) is 3.09. The third-order valence-electron chi connectivity index (χ3n) is 5.60. The van der Waals surface area contributed by atoms with Crippen molar-refractivity contribution in [3.63, 3.8) is 0 Å². The van der Waals surface area contributed by atoms with Crippen molar-refractivity contribution in [2.75, 3.05) is 6.61 Å². The van der Waals surface area contributed by atoms with Gasteiger partial charge < -0.3 is 29.2 Å². The van der Waals surface area contributed by atoms with Crippen LogP contribution in [0.15, 0.2) is 35.1 Å². The van der Waals surface area contributed by atoms with E-state index in [-0.39, 0.29) is 35.3 Å². The maximum Gasteiger partial charge on any atom is 0.343 e. The highest BCUT2D eigenvalue weighted by Crippen LogP contribution is 2.49. The van der Waals surface area contributed by atoms with Crippen molar-refractivity contribution >= 4 is 17.9 Å². The van der Waals surface area contributed by atoms with Crippen LogP contribution in [0.5, 0.6) is 0 Å². The Morgan fingerprint density at radius 2 is 1.93 bits per heavy atom. The summed E-state index contributed by atoms with van der Waals surface area (Å²) < 4.78 is 21.7. The van der Waals surface area contributed by atoms with Crippen LogP contribution in [0.25, 0.3) is 0 Å². The van der Waals surface area contributed by atoms with E-state index in [0.29, 0.717) is 6.42 Å². The Morgan fingerprint density at radius 1 is 1.27 bits per heavy atom. The van der Waals surface area contributed by atoms with Crippen LogP contribution >= 0.6 is 0 Å². The minimum Gasteiger partial charge on any atom is -0.461 e. The Balaban J connectivity index is 2.17. The topological polar surface area (TPSA) is 129 Å². The molecule has 0 aromatic heterocycles. The van der Waals surface area contributed by atoms with Crippen LogP contribution in [-0.2, 0) is 33.3 Å². The number of hydrogen-bond donors (Lipinski definition) is 2. The van der Waals surface area contributed by atoms with Gasteiger partial charge in [0.1, 0.15) is 24.1 Å². The first-order valence-corrected chi connectivity index (χ1v) is 9.60. The lowest BCUT2D eigenvalue weighted by molar-refractivity contribution is -0.298. The SMILES string of the molecule is C=C(C)C(=O)OC1CC(C)(O)C2(O)CCC(C)(C=C3OC(=O)C(COC(C)=O)=C31)O2. The van der Waals surface area contributed by atoms with Crippen molar-refractivity contribution in [1.82, 2.24) is 0 Å². The third kappa shape index (κ3) is 3.92. The van der Waals surface area contributed by atoms with Gasteiger partial charge in [-0.2, -0.15) is 0 Å². The predicted molar refractivity (Wildman–Crippen MR) is 101 cm³/mol. The Morgan fingerprint density at radius 3 is 2.53 bits per heavy atom. The Labute approximate surface area is 173 Å². The van der Waals surface area contributed by atoms with Crippen molar-refractivity contribution in [2.24, 2.45) is 0 Å². The number of fused-ring (bicyclic) bond motifs is 3. The van der Waals surface area contributed by atoms with E-state index in [1.165, 1.54) is 26.8 Å². The Kier molecular flexibility index (Phi) is 5.43. The molecule has 4 unspecified atom stereocenters. The summed E-state index contributed by atoms with van der Waals surface area (Å²) in [5.74, 6) is -3.96. The third-order valence-corrected chi connectivity index (χ3v) is 5.60. The predicted octanol–water partition coefficient (Wildman–Crippen LogP) is 1.19. The molecule has 0 radical (unpaired) electrons. The molecule has 0 aliphatic carbocycles. The van der Waals surface area contributed by atoms with Gasteiger partial charge in [-0.15, -0.1) is 0 Å². The minimum atomic E-state index is -1.91. The van der Waals surface area contributed by atoms with Gasteiger partial charge in [-0.1, -0.05) is 6.58 Å². The number of esters is 3. The highest BCUT2D eigenvalue weighted by atomic mass is 16.7. The van der Waals surface area contributed by atoms with E-state index in [2.05, 4.69) is 6.58 Å². The number of ether oxygens (including phenoxy) is 4. The van der Waals surface area contributed by atoms with Crippen LogP contribution < -0.4 is 0 Å². The summed E-state index contributed by atoms with van der Waals surface area (Å²) in [6, 6.07) is 0. The molecule has 1 fully saturated rings. The summed E-state index contributed by atoms with van der Waals surface area (Å²) in [7, 11) is 0. The van der Waals surface area contributed by atoms with Gasteiger partial charge in [-0.3, -0.25) is 4.79 Å². The van der Waals surface area contributed by atoms with Gasteiger partial charge in [0.15, 0.2) is 5.79 Å². The molecule has 0 aromatic carbocycles. The molecule has 30 heavy (non-hydrogen) atoms. The van der Waals surface area contributed by atoms with E-state index in [0.717, 1.165) is 0 Å². The van der Waals surface area contributed by atoms with E-state index in [4.69, 9.17) is 18.9 Å². The van der Waals surface area contributed by atoms with Crippen molar-refractivity contribution in [3.8, 4) is 0 Å². The van der Waals surface area contributed by atoms with Crippen LogP contribution in [0.4, 0.5) is 0 Å². The van der Waals surface area contributed by atoms with E-state index in [1.54, 1.807) is 6.92 Å². The molecule has 0 spiro atoms. The summed E-state index contributed by atoms with van der Waals surface area (Å²) in [6.07, 6.45) is 0.495. The first kappa shape index (κ1) is 22.2. The minimum absolute atomic E-state index is 0.0138. The van der Waals surface area contributed by atoms with Crippen molar-refractivity contribution in [3.05, 3.63) is 35.1 Å². The molecule has 0 saturated carbocycles. The van der Waals surface area contributed by atoms with Gasteiger partial charge in [0.2, 0.25) is 0 Å². The molecule has 2 bridgehead atoms. The quantitative estimate of drug-likeness (QED) is 0.390. The van der Waals surface area contributed by atoms with Crippen molar-refractivity contribution < 1.29 is 43.5 Å². The van der Waals surface area contributed by atoms with Crippen LogP contribution in [0.1, 0.15) is 47.0 Å². The highest BCUT2D eigenvalue weighted by Gasteiger charge is 2.58. The largest absolute Gasteiger partial charge is 0.461 e. The van der Waals surface area contributed by atoms with Gasteiger partial charge >= 0.3 is 17.9 Å². The number of carbonyl (C=O) groups excluding carboxylic acids is 3. The normalized spacial score (nSPS) is 35.5. The summed E-state index contributed by atoms with van der Waals surface area (Å²) >= 11 is 0. The summed E-state index contributed by atoms with van der Waals surface area (Å²) in [5.41, 5.74) is -2.64. The maximum absolute atomic E-state index is 12.5. The van der Waals surface area contributed by atoms with Crippen LogP contribution in [0, 0.1) is 0 Å². The van der Waals surface area contributed by atoms with Gasteiger partial charge in [0, 0.05) is 30.9 Å². The molecular weight excluding hydrogens is 396 g/mol. The molecule has 4 atom stereocenters. The van der Waals surface area contributed by atoms with Crippen LogP contribution in [-0.4, -0.2) is 57.8 Å². The fraction of sp³-hybridized carbons (Fsp3) is 0.571. The lowest BCUT2D eigenvalue weighted by Gasteiger charge is -2.40. The molecule has 164 valence electrons. The van der Waals surface area contributed by atoms with Crippen LogP contribution in [0.3, 0.4) is 0 Å². The van der Waals surface area contributed by atoms with Gasteiger partial charge in [-0.25, -0.2) is 9.59 Å². The highest BCUT2D eigenvalue weighted by molar-refractivity contribution is 5.96. The second kappa shape index (κ2) is 7.33. The summed E-state index contributed by atoms with van der Waals surface area (Å²) in [4.78, 5) is 36.1. The Bertz CT molecular complexity index is 881. The molecule has 3 rings (SSSR count). The first-order chi connectivity index (χ1) is 13.8. The maximum atomic E-state index is 12.5. The molecular formula is C21H26O9. The summed E-state index contributed by atoms with van der Waals surface area (Å²) in [6.45, 7) is 8.86. The second-order valence-electron chi connectivity index (χ2n) is 8.42. The molecule has 3 aliphatic rings. The molecule has 3 aliphatic heterocycles. The van der Waals surface area contributed by atoms with Crippen LogP contribution in [0.2, 0.25) is 0 Å². The lowest BCUT2D eigenvalue weighted by Crippen LogP contribution is -2.54. The number of carbonyl (C=O) groups is 3. The van der Waals surface area contributed by atoms with E-state index in [9.17, 15) is 24.6 Å². The Hall–Kier alpha value is -2.49. The van der Waals surface area contributed by atoms with Gasteiger partial charge in [0.05, 0.1) is 11.2 Å². The molecule has 0 aromatic rings. The molecule has 0 amide bonds. The average molecular weight is 422 g/mol. The molecule has 3 heterocycles. The van der Waals surface area contributed by atoms with E-state index >= 15 is 0 Å². The summed E-state index contributed by atoms with van der Waals surface area (Å²) in [5, 5.41) is 22.1. The zero-order valence-corrected chi connectivity index (χ0v) is 17.4. The number of rotatable bonds is 4. The van der Waals surface area contributed by atoms with Gasteiger partial charge in [0.25, 0.3) is 0 Å². The molecule has 2 N–H and O–H groups in total. The lowest BCUT2D eigenvalue weighted by atomic mass is 9.82. The fourth-order valence-electron chi connectivity index (χ4n) is 3.86. The molecule has 9 nitrogen and oxygen atoms in total. The van der Waals surface area contributed by atoms with Crippen molar-refractivity contribution in [2.45, 2.75) is 70.1 Å². The fourth-order valence-corrected chi connectivity index (χ4v) is 3.86. The zero-order chi connectivity index (χ0) is 22.5. The monoisotopic (exact) mass is 422 g/mol. The first-order valence-electron chi connectivity index (χ1n) is 9.60. The number of aliphatic hydroxyl groups is 2. The van der Waals surface area contributed by atoms with E-state index < -0.39 is 47.6 Å².